The monoisotopic (exact) mass is 299 g/mol. The molecule has 3 N–H and O–H groups in total. The van der Waals surface area contributed by atoms with Gasteiger partial charge in [0.1, 0.15) is 0 Å². The molecule has 22 heavy (non-hydrogen) atoms. The van der Waals surface area contributed by atoms with E-state index in [4.69, 9.17) is 5.73 Å². The van der Waals surface area contributed by atoms with Gasteiger partial charge in [0.2, 0.25) is 0 Å². The minimum atomic E-state index is -0.270. The number of rotatable bonds is 6. The Morgan fingerprint density at radius 3 is 2.95 bits per heavy atom. The molecule has 2 heterocycles. The first-order valence-corrected chi connectivity index (χ1v) is 7.46. The number of amides is 1. The van der Waals surface area contributed by atoms with Gasteiger partial charge in [0.15, 0.2) is 5.65 Å². The summed E-state index contributed by atoms with van der Waals surface area (Å²) in [5.41, 5.74) is 7.59. The number of pyridine rings is 1. The van der Waals surface area contributed by atoms with E-state index < -0.39 is 0 Å². The van der Waals surface area contributed by atoms with Crippen molar-refractivity contribution >= 4 is 22.6 Å². The molecule has 0 atom stereocenters. The van der Waals surface area contributed by atoms with Crippen LogP contribution in [0.25, 0.3) is 11.0 Å². The summed E-state index contributed by atoms with van der Waals surface area (Å²) >= 11 is 0. The molecule has 0 bridgehead atoms. The van der Waals surface area contributed by atoms with Crippen LogP contribution >= 0.6 is 0 Å². The first-order chi connectivity index (χ1) is 10.7. The lowest BCUT2D eigenvalue weighted by molar-refractivity contribution is 0.0959. The topological polar surface area (TPSA) is 85.8 Å². The molecule has 0 aliphatic heterocycles. The molecule has 2 rings (SSSR count). The minimum Gasteiger partial charge on any atom is -0.397 e. The van der Waals surface area contributed by atoms with Gasteiger partial charge < -0.3 is 11.1 Å². The van der Waals surface area contributed by atoms with Crippen LogP contribution < -0.4 is 11.1 Å². The van der Waals surface area contributed by atoms with E-state index in [0.717, 1.165) is 31.5 Å². The maximum Gasteiger partial charge on any atom is 0.255 e. The zero-order valence-corrected chi connectivity index (χ0v) is 13.0. The van der Waals surface area contributed by atoms with Crippen molar-refractivity contribution in [1.82, 2.24) is 20.1 Å². The molecule has 6 heteroatoms. The van der Waals surface area contributed by atoms with Crippen molar-refractivity contribution in [3.05, 3.63) is 18.0 Å². The van der Waals surface area contributed by atoms with Crippen LogP contribution in [0.2, 0.25) is 0 Å². The summed E-state index contributed by atoms with van der Waals surface area (Å²) in [6.07, 6.45) is 6.53. The van der Waals surface area contributed by atoms with Crippen molar-refractivity contribution in [1.29, 1.82) is 0 Å². The van der Waals surface area contributed by atoms with E-state index in [9.17, 15) is 4.79 Å². The number of aryl methyl sites for hydroxylation is 1. The van der Waals surface area contributed by atoms with Crippen LogP contribution in [0.3, 0.4) is 0 Å². The Bertz CT molecular complexity index is 723. The lowest BCUT2D eigenvalue weighted by Crippen LogP contribution is -2.24. The average Bonchev–Trinajstić information content (AvgIpc) is 2.92. The zero-order valence-electron chi connectivity index (χ0n) is 13.0. The van der Waals surface area contributed by atoms with Crippen molar-refractivity contribution in [2.75, 3.05) is 12.3 Å². The van der Waals surface area contributed by atoms with Gasteiger partial charge in [-0.25, -0.2) is 9.67 Å². The molecule has 0 unspecified atom stereocenters. The number of carbonyl (C=O) groups is 1. The van der Waals surface area contributed by atoms with Crippen molar-refractivity contribution in [2.24, 2.45) is 0 Å². The highest BCUT2D eigenvalue weighted by atomic mass is 16.1. The average molecular weight is 299 g/mol. The van der Waals surface area contributed by atoms with E-state index in [1.54, 1.807) is 13.1 Å². The first kappa shape index (κ1) is 15.8. The molecule has 0 spiro atoms. The van der Waals surface area contributed by atoms with Gasteiger partial charge in [0.25, 0.3) is 5.91 Å². The molecule has 0 fully saturated rings. The molecule has 0 aliphatic rings. The van der Waals surface area contributed by atoms with Gasteiger partial charge in [-0.05, 0) is 13.3 Å². The summed E-state index contributed by atoms with van der Waals surface area (Å²) in [5.74, 6) is 5.23. The first-order valence-electron chi connectivity index (χ1n) is 7.46. The third-order valence-electron chi connectivity index (χ3n) is 3.44. The smallest absolute Gasteiger partial charge is 0.255 e. The Kier molecular flexibility index (Phi) is 5.37. The fourth-order valence-corrected chi connectivity index (χ4v) is 2.21. The fourth-order valence-electron chi connectivity index (χ4n) is 2.21. The van der Waals surface area contributed by atoms with E-state index in [1.807, 2.05) is 4.68 Å². The number of aromatic nitrogens is 3. The number of hydrogen-bond donors (Lipinski definition) is 2. The number of unbranched alkanes of at least 4 members (excludes halogenated alkanes) is 2. The third kappa shape index (κ3) is 3.37. The molecular formula is C16H21N5O. The minimum absolute atomic E-state index is 0.270. The number of nitrogen functional groups attached to an aromatic ring is 1. The number of nitrogens with zero attached hydrogens (tertiary/aromatic N) is 3. The van der Waals surface area contributed by atoms with E-state index in [-0.39, 0.29) is 5.91 Å². The summed E-state index contributed by atoms with van der Waals surface area (Å²) < 4.78 is 1.84. The quantitative estimate of drug-likeness (QED) is 0.630. The number of nitrogens with one attached hydrogen (secondary N) is 1. The summed E-state index contributed by atoms with van der Waals surface area (Å²) in [4.78, 5) is 16.4. The van der Waals surface area contributed by atoms with Crippen LogP contribution in [0, 0.1) is 11.8 Å². The fraction of sp³-hybridized carbons (Fsp3) is 0.438. The Balaban J connectivity index is 2.23. The summed E-state index contributed by atoms with van der Waals surface area (Å²) in [7, 11) is 0. The second-order valence-corrected chi connectivity index (χ2v) is 5.01. The van der Waals surface area contributed by atoms with Crippen molar-refractivity contribution < 1.29 is 4.79 Å². The number of nitrogens with two attached hydrogens (primary N) is 1. The van der Waals surface area contributed by atoms with Crippen LogP contribution in [0.4, 0.5) is 5.69 Å². The van der Waals surface area contributed by atoms with E-state index in [2.05, 4.69) is 34.2 Å². The molecule has 2 aromatic heterocycles. The van der Waals surface area contributed by atoms with E-state index >= 15 is 0 Å². The Morgan fingerprint density at radius 1 is 1.41 bits per heavy atom. The molecule has 116 valence electrons. The SMILES string of the molecule is CC#CCNC(=O)c1cnc2c(cnn2CCCCC)c1N. The number of carbonyl (C=O) groups excluding carboxylic acids is 1. The van der Waals surface area contributed by atoms with Crippen LogP contribution in [0.15, 0.2) is 12.4 Å². The van der Waals surface area contributed by atoms with Gasteiger partial charge in [0.05, 0.1) is 29.4 Å². The predicted octanol–water partition coefficient (Wildman–Crippen LogP) is 1.96. The van der Waals surface area contributed by atoms with E-state index in [1.165, 1.54) is 6.20 Å². The third-order valence-corrected chi connectivity index (χ3v) is 3.44. The maximum absolute atomic E-state index is 12.1. The van der Waals surface area contributed by atoms with Crippen LogP contribution in [-0.4, -0.2) is 27.2 Å². The molecule has 0 saturated heterocycles. The highest BCUT2D eigenvalue weighted by Crippen LogP contribution is 2.23. The van der Waals surface area contributed by atoms with Crippen LogP contribution in [0.1, 0.15) is 43.5 Å². The molecule has 6 nitrogen and oxygen atoms in total. The second kappa shape index (κ2) is 7.46. The van der Waals surface area contributed by atoms with Crippen molar-refractivity contribution in [2.45, 2.75) is 39.7 Å². The Labute approximate surface area is 130 Å². The molecule has 0 aromatic carbocycles. The molecule has 0 radical (unpaired) electrons. The van der Waals surface area contributed by atoms with Crippen molar-refractivity contribution in [3.8, 4) is 11.8 Å². The van der Waals surface area contributed by atoms with Gasteiger partial charge >= 0.3 is 0 Å². The van der Waals surface area contributed by atoms with Gasteiger partial charge in [0, 0.05) is 12.7 Å². The molecule has 0 aliphatic carbocycles. The Hall–Kier alpha value is -2.55. The Morgan fingerprint density at radius 2 is 2.23 bits per heavy atom. The predicted molar refractivity (Wildman–Crippen MR) is 87.2 cm³/mol. The lowest BCUT2D eigenvalue weighted by atomic mass is 10.2. The van der Waals surface area contributed by atoms with Gasteiger partial charge in [-0.2, -0.15) is 5.10 Å². The molecular weight excluding hydrogens is 278 g/mol. The second-order valence-electron chi connectivity index (χ2n) is 5.01. The lowest BCUT2D eigenvalue weighted by Gasteiger charge is -2.07. The standard InChI is InChI=1S/C16H21N5O/c1-3-5-7-9-21-15-12(11-20-21)14(17)13(10-19-15)16(22)18-8-6-4-2/h10-11H,3,5,7-9H2,1-2H3,(H2,17,19)(H,18,22). The van der Waals surface area contributed by atoms with Gasteiger partial charge in [-0.3, -0.25) is 4.79 Å². The van der Waals surface area contributed by atoms with Crippen molar-refractivity contribution in [3.63, 3.8) is 0 Å². The molecule has 1 amide bonds. The van der Waals surface area contributed by atoms with Crippen LogP contribution in [0.5, 0.6) is 0 Å². The van der Waals surface area contributed by atoms with Crippen LogP contribution in [-0.2, 0) is 6.54 Å². The highest BCUT2D eigenvalue weighted by molar-refractivity contribution is 6.05. The number of hydrogen-bond acceptors (Lipinski definition) is 4. The number of fused-ring (bicyclic) bond motifs is 1. The summed E-state index contributed by atoms with van der Waals surface area (Å²) in [5, 5.41) is 7.73. The maximum atomic E-state index is 12.1. The summed E-state index contributed by atoms with van der Waals surface area (Å²) in [6, 6.07) is 0. The molecule has 2 aromatic rings. The number of anilines is 1. The van der Waals surface area contributed by atoms with E-state index in [0.29, 0.717) is 23.2 Å². The largest absolute Gasteiger partial charge is 0.397 e. The van der Waals surface area contributed by atoms with Gasteiger partial charge in [-0.1, -0.05) is 25.7 Å². The highest BCUT2D eigenvalue weighted by Gasteiger charge is 2.15. The molecule has 0 saturated carbocycles. The normalized spacial score (nSPS) is 10.3. The summed E-state index contributed by atoms with van der Waals surface area (Å²) in [6.45, 7) is 4.98. The van der Waals surface area contributed by atoms with Gasteiger partial charge in [-0.15, -0.1) is 5.92 Å². The zero-order chi connectivity index (χ0) is 15.9.